The Kier molecular flexibility index (Phi) is 6.37. The van der Waals surface area contributed by atoms with E-state index in [9.17, 15) is 9.59 Å². The zero-order valence-corrected chi connectivity index (χ0v) is 14.4. The van der Waals surface area contributed by atoms with Crippen molar-refractivity contribution < 1.29 is 18.7 Å². The van der Waals surface area contributed by atoms with Gasteiger partial charge in [-0.05, 0) is 26.5 Å². The van der Waals surface area contributed by atoms with Gasteiger partial charge < -0.3 is 14.5 Å². The Balaban J connectivity index is 2.21. The van der Waals surface area contributed by atoms with Crippen molar-refractivity contribution in [3.63, 3.8) is 0 Å². The van der Waals surface area contributed by atoms with Crippen LogP contribution in [0.2, 0.25) is 0 Å². The fraction of sp³-hybridized carbons (Fsp3) is 0.444. The predicted molar refractivity (Wildman–Crippen MR) is 91.8 cm³/mol. The highest BCUT2D eigenvalue weighted by atomic mass is 16.5. The van der Waals surface area contributed by atoms with Crippen LogP contribution in [-0.4, -0.2) is 43.5 Å². The second-order valence-electron chi connectivity index (χ2n) is 5.65. The Morgan fingerprint density at radius 1 is 1.25 bits per heavy atom. The number of fused-ring (bicyclic) bond motifs is 1. The summed E-state index contributed by atoms with van der Waals surface area (Å²) in [4.78, 5) is 25.9. The molecule has 1 aromatic carbocycles. The van der Waals surface area contributed by atoms with Crippen molar-refractivity contribution >= 4 is 22.8 Å². The minimum Gasteiger partial charge on any atom is -0.460 e. The van der Waals surface area contributed by atoms with E-state index < -0.39 is 5.97 Å². The quantitative estimate of drug-likeness (QED) is 0.752. The Bertz CT molecular complexity index is 708. The molecule has 1 heterocycles. The monoisotopic (exact) mass is 332 g/mol. The van der Waals surface area contributed by atoms with E-state index in [0.29, 0.717) is 18.7 Å². The highest BCUT2D eigenvalue weighted by Gasteiger charge is 2.22. The van der Waals surface area contributed by atoms with Gasteiger partial charge in [-0.3, -0.25) is 9.69 Å². The molecule has 0 unspecified atom stereocenters. The lowest BCUT2D eigenvalue weighted by Gasteiger charge is -2.16. The number of likely N-dealkylation sites (N-methyl/N-ethyl adjacent to an activating group) is 1. The second kappa shape index (κ2) is 8.49. The van der Waals surface area contributed by atoms with Crippen LogP contribution in [0.4, 0.5) is 0 Å². The molecule has 2 rings (SSSR count). The van der Waals surface area contributed by atoms with Gasteiger partial charge in [0.25, 0.3) is 0 Å². The van der Waals surface area contributed by atoms with Crippen LogP contribution in [0, 0.1) is 0 Å². The third kappa shape index (κ3) is 4.35. The van der Waals surface area contributed by atoms with Gasteiger partial charge in [0.2, 0.25) is 11.7 Å². The average molecular weight is 332 g/mol. The number of hydrogen-bond acceptors (Lipinski definition) is 5. The maximum absolute atomic E-state index is 12.2. The van der Waals surface area contributed by atoms with Gasteiger partial charge in [0.15, 0.2) is 0 Å². The summed E-state index contributed by atoms with van der Waals surface area (Å²) in [6.45, 7) is 5.38. The fourth-order valence-electron chi connectivity index (χ4n) is 2.51. The molecule has 0 aliphatic heterocycles. The molecule has 1 amide bonds. The summed E-state index contributed by atoms with van der Waals surface area (Å²) in [5.74, 6) is -0.309. The SMILES string of the molecule is CCCNC(=O)CN(C)Cc1c(C(=O)OCC)oc2ccccc12. The van der Waals surface area contributed by atoms with Crippen LogP contribution in [0.25, 0.3) is 11.0 Å². The molecule has 0 atom stereocenters. The van der Waals surface area contributed by atoms with Gasteiger partial charge in [-0.15, -0.1) is 0 Å². The topological polar surface area (TPSA) is 71.8 Å². The Morgan fingerprint density at radius 3 is 2.71 bits per heavy atom. The lowest BCUT2D eigenvalue weighted by Crippen LogP contribution is -2.35. The van der Waals surface area contributed by atoms with E-state index in [1.807, 2.05) is 43.1 Å². The van der Waals surface area contributed by atoms with Crippen molar-refractivity contribution in [3.05, 3.63) is 35.6 Å². The van der Waals surface area contributed by atoms with Gasteiger partial charge in [0.05, 0.1) is 13.2 Å². The first-order valence-electron chi connectivity index (χ1n) is 8.19. The molecular weight excluding hydrogens is 308 g/mol. The number of carbonyl (C=O) groups excluding carboxylic acids is 2. The highest BCUT2D eigenvalue weighted by Crippen LogP contribution is 2.27. The minimum absolute atomic E-state index is 0.0372. The summed E-state index contributed by atoms with van der Waals surface area (Å²) in [5, 5.41) is 3.70. The molecule has 130 valence electrons. The van der Waals surface area contributed by atoms with Crippen molar-refractivity contribution in [2.45, 2.75) is 26.8 Å². The maximum atomic E-state index is 12.2. The Labute approximate surface area is 141 Å². The van der Waals surface area contributed by atoms with E-state index in [-0.39, 0.29) is 24.8 Å². The smallest absolute Gasteiger partial charge is 0.374 e. The third-order valence-corrected chi connectivity index (χ3v) is 3.57. The van der Waals surface area contributed by atoms with Crippen molar-refractivity contribution in [1.82, 2.24) is 10.2 Å². The van der Waals surface area contributed by atoms with Gasteiger partial charge >= 0.3 is 5.97 Å². The van der Waals surface area contributed by atoms with E-state index in [0.717, 1.165) is 17.4 Å². The minimum atomic E-state index is -0.479. The van der Waals surface area contributed by atoms with Crippen LogP contribution in [-0.2, 0) is 16.1 Å². The number of nitrogens with one attached hydrogen (secondary N) is 1. The Morgan fingerprint density at radius 2 is 2.00 bits per heavy atom. The van der Waals surface area contributed by atoms with E-state index in [2.05, 4.69) is 5.32 Å². The molecule has 24 heavy (non-hydrogen) atoms. The van der Waals surface area contributed by atoms with Crippen LogP contribution >= 0.6 is 0 Å². The molecule has 0 fully saturated rings. The Hall–Kier alpha value is -2.34. The number of ether oxygens (including phenoxy) is 1. The zero-order chi connectivity index (χ0) is 17.5. The van der Waals surface area contributed by atoms with E-state index in [1.54, 1.807) is 6.92 Å². The largest absolute Gasteiger partial charge is 0.460 e. The van der Waals surface area contributed by atoms with E-state index in [1.165, 1.54) is 0 Å². The number of nitrogens with zero attached hydrogens (tertiary/aromatic N) is 1. The first kappa shape index (κ1) is 18.0. The highest BCUT2D eigenvalue weighted by molar-refractivity contribution is 5.96. The summed E-state index contributed by atoms with van der Waals surface area (Å²) in [6.07, 6.45) is 0.898. The van der Waals surface area contributed by atoms with Crippen molar-refractivity contribution in [2.75, 3.05) is 26.7 Å². The predicted octanol–water partition coefficient (Wildman–Crippen LogP) is 2.57. The molecular formula is C18H24N2O4. The van der Waals surface area contributed by atoms with Gasteiger partial charge in [0.1, 0.15) is 5.58 Å². The summed E-state index contributed by atoms with van der Waals surface area (Å²) < 4.78 is 10.8. The zero-order valence-electron chi connectivity index (χ0n) is 14.4. The normalized spacial score (nSPS) is 11.0. The van der Waals surface area contributed by atoms with Gasteiger partial charge in [-0.25, -0.2) is 4.79 Å². The summed E-state index contributed by atoms with van der Waals surface area (Å²) >= 11 is 0. The van der Waals surface area contributed by atoms with Gasteiger partial charge in [-0.2, -0.15) is 0 Å². The number of furan rings is 1. The molecule has 0 radical (unpaired) electrons. The number of benzene rings is 1. The number of rotatable bonds is 8. The molecule has 1 N–H and O–H groups in total. The van der Waals surface area contributed by atoms with Crippen molar-refractivity contribution in [3.8, 4) is 0 Å². The number of amides is 1. The average Bonchev–Trinajstić information content (AvgIpc) is 2.92. The number of para-hydroxylation sites is 1. The number of carbonyl (C=O) groups is 2. The molecule has 6 heteroatoms. The standard InChI is InChI=1S/C18H24N2O4/c1-4-10-19-16(21)12-20(3)11-14-13-8-6-7-9-15(13)24-17(14)18(22)23-5-2/h6-9H,4-5,10-12H2,1-3H3,(H,19,21). The molecule has 6 nitrogen and oxygen atoms in total. The van der Waals surface area contributed by atoms with Crippen LogP contribution in [0.3, 0.4) is 0 Å². The lowest BCUT2D eigenvalue weighted by molar-refractivity contribution is -0.122. The number of hydrogen-bond donors (Lipinski definition) is 1. The number of esters is 1. The van der Waals surface area contributed by atoms with Crippen LogP contribution in [0.1, 0.15) is 36.4 Å². The van der Waals surface area contributed by atoms with Crippen LogP contribution in [0.15, 0.2) is 28.7 Å². The second-order valence-corrected chi connectivity index (χ2v) is 5.65. The first-order chi connectivity index (χ1) is 11.6. The summed E-state index contributed by atoms with van der Waals surface area (Å²) in [7, 11) is 1.84. The first-order valence-corrected chi connectivity index (χ1v) is 8.19. The third-order valence-electron chi connectivity index (χ3n) is 3.57. The molecule has 0 saturated carbocycles. The molecule has 0 saturated heterocycles. The molecule has 2 aromatic rings. The van der Waals surface area contributed by atoms with Gasteiger partial charge in [-0.1, -0.05) is 25.1 Å². The molecule has 1 aromatic heterocycles. The molecule has 0 aliphatic carbocycles. The van der Waals surface area contributed by atoms with Crippen LogP contribution in [0.5, 0.6) is 0 Å². The maximum Gasteiger partial charge on any atom is 0.374 e. The fourth-order valence-corrected chi connectivity index (χ4v) is 2.51. The summed E-state index contributed by atoms with van der Waals surface area (Å²) in [6, 6.07) is 7.47. The van der Waals surface area contributed by atoms with E-state index in [4.69, 9.17) is 9.15 Å². The van der Waals surface area contributed by atoms with Gasteiger partial charge in [0, 0.05) is 24.0 Å². The van der Waals surface area contributed by atoms with Crippen LogP contribution < -0.4 is 5.32 Å². The van der Waals surface area contributed by atoms with Crippen molar-refractivity contribution in [2.24, 2.45) is 0 Å². The summed E-state index contributed by atoms with van der Waals surface area (Å²) in [5.41, 5.74) is 1.38. The van der Waals surface area contributed by atoms with Crippen molar-refractivity contribution in [1.29, 1.82) is 0 Å². The molecule has 0 aliphatic rings. The van der Waals surface area contributed by atoms with E-state index >= 15 is 0 Å². The lowest BCUT2D eigenvalue weighted by atomic mass is 10.1. The molecule has 0 spiro atoms. The molecule has 0 bridgehead atoms.